The van der Waals surface area contributed by atoms with Gasteiger partial charge >= 0.3 is 0 Å². The molecule has 1 saturated heterocycles. The molecular weight excluding hydrogens is 374 g/mol. The average molecular weight is 394 g/mol. The minimum atomic E-state index is -0.158. The van der Waals surface area contributed by atoms with Crippen LogP contribution >= 0.6 is 27.3 Å². The zero-order valence-electron chi connectivity index (χ0n) is 13.1. The van der Waals surface area contributed by atoms with Crippen molar-refractivity contribution in [1.82, 2.24) is 10.6 Å². The largest absolute Gasteiger partial charge is 0.256 e. The maximum absolute atomic E-state index is 6.22. The van der Waals surface area contributed by atoms with Gasteiger partial charge in [0, 0.05) is 17.4 Å². The molecule has 1 aliphatic heterocycles. The van der Waals surface area contributed by atoms with E-state index in [0.717, 1.165) is 16.8 Å². The minimum Gasteiger partial charge on any atom is -0.256 e. The summed E-state index contributed by atoms with van der Waals surface area (Å²) >= 11 is 5.44. The fraction of sp³-hybridized carbons (Fsp3) is 0.529. The van der Waals surface area contributed by atoms with Crippen LogP contribution in [-0.2, 0) is 4.84 Å². The molecule has 4 fully saturated rings. The lowest BCUT2D eigenvalue weighted by Crippen LogP contribution is -2.58. The number of benzene rings is 1. The summed E-state index contributed by atoms with van der Waals surface area (Å²) in [4.78, 5) is 6.22. The smallest absolute Gasteiger partial charge is 0.165 e. The number of hydrogen-bond acceptors (Lipinski definition) is 5. The first-order valence-electron chi connectivity index (χ1n) is 8.33. The molecule has 0 radical (unpaired) electrons. The lowest BCUT2D eigenvalue weighted by molar-refractivity contribution is -0.193. The Morgan fingerprint density at radius 3 is 2.83 bits per heavy atom. The van der Waals surface area contributed by atoms with Crippen LogP contribution in [0.1, 0.15) is 32.1 Å². The predicted octanol–water partition coefficient (Wildman–Crippen LogP) is 4.67. The SMILES string of the molecule is CN1N(c2cc3cccc(Br)c3s2)NO[C@]12CC1CCC2CC1. The molecule has 2 heterocycles. The van der Waals surface area contributed by atoms with Gasteiger partial charge in [-0.1, -0.05) is 17.7 Å². The molecule has 6 rings (SSSR count). The maximum atomic E-state index is 6.22. The van der Waals surface area contributed by atoms with Crippen molar-refractivity contribution in [2.45, 2.75) is 37.8 Å². The van der Waals surface area contributed by atoms with Crippen molar-refractivity contribution in [3.8, 4) is 0 Å². The summed E-state index contributed by atoms with van der Waals surface area (Å²) in [5, 5.41) is 6.84. The molecule has 2 bridgehead atoms. The van der Waals surface area contributed by atoms with E-state index in [-0.39, 0.29) is 5.72 Å². The lowest BCUT2D eigenvalue weighted by atomic mass is 9.65. The number of halogens is 1. The van der Waals surface area contributed by atoms with Crippen molar-refractivity contribution in [3.63, 3.8) is 0 Å². The van der Waals surface area contributed by atoms with E-state index in [1.807, 2.05) is 0 Å². The molecule has 3 aliphatic carbocycles. The number of anilines is 1. The number of hydrazine groups is 2. The normalized spacial score (nSPS) is 34.1. The number of rotatable bonds is 1. The van der Waals surface area contributed by atoms with Crippen molar-refractivity contribution < 1.29 is 4.84 Å². The Bertz CT molecular complexity index is 757. The third kappa shape index (κ3) is 2.05. The maximum Gasteiger partial charge on any atom is 0.165 e. The van der Waals surface area contributed by atoms with Gasteiger partial charge in [0.1, 0.15) is 5.00 Å². The zero-order valence-corrected chi connectivity index (χ0v) is 15.5. The molecule has 3 saturated carbocycles. The molecule has 0 amide bonds. The van der Waals surface area contributed by atoms with Gasteiger partial charge in [-0.05, 0) is 71.5 Å². The second kappa shape index (κ2) is 5.17. The van der Waals surface area contributed by atoms with Gasteiger partial charge in [-0.25, -0.2) is 5.12 Å². The second-order valence-electron chi connectivity index (χ2n) is 7.04. The molecule has 1 atom stereocenters. The average Bonchev–Trinajstić information content (AvgIpc) is 3.13. The van der Waals surface area contributed by atoms with E-state index in [2.05, 4.69) is 63.0 Å². The fourth-order valence-corrected chi connectivity index (χ4v) is 6.33. The Morgan fingerprint density at radius 2 is 2.13 bits per heavy atom. The molecule has 1 aromatic heterocycles. The topological polar surface area (TPSA) is 27.7 Å². The zero-order chi connectivity index (χ0) is 15.6. The van der Waals surface area contributed by atoms with E-state index in [4.69, 9.17) is 4.84 Å². The van der Waals surface area contributed by atoms with Crippen molar-refractivity contribution in [2.75, 3.05) is 12.2 Å². The Balaban J connectivity index is 1.51. The Kier molecular flexibility index (Phi) is 3.29. The van der Waals surface area contributed by atoms with Crippen LogP contribution in [0, 0.1) is 11.8 Å². The van der Waals surface area contributed by atoms with E-state index >= 15 is 0 Å². The number of nitrogens with one attached hydrogen (secondary N) is 1. The number of nitrogens with zero attached hydrogens (tertiary/aromatic N) is 2. The highest BCUT2D eigenvalue weighted by Crippen LogP contribution is 2.52. The highest BCUT2D eigenvalue weighted by atomic mass is 79.9. The first-order valence-corrected chi connectivity index (χ1v) is 9.94. The van der Waals surface area contributed by atoms with Crippen LogP contribution in [0.3, 0.4) is 0 Å². The summed E-state index contributed by atoms with van der Waals surface area (Å²) in [6, 6.07) is 8.58. The molecule has 4 nitrogen and oxygen atoms in total. The summed E-state index contributed by atoms with van der Waals surface area (Å²) in [6.45, 7) is 0. The molecule has 4 aliphatic rings. The van der Waals surface area contributed by atoms with Crippen LogP contribution in [0.4, 0.5) is 5.00 Å². The van der Waals surface area contributed by atoms with Crippen molar-refractivity contribution >= 4 is 42.4 Å². The van der Waals surface area contributed by atoms with Crippen LogP contribution in [0.15, 0.2) is 28.7 Å². The van der Waals surface area contributed by atoms with Crippen molar-refractivity contribution in [3.05, 3.63) is 28.7 Å². The van der Waals surface area contributed by atoms with Gasteiger partial charge in [0.15, 0.2) is 5.72 Å². The van der Waals surface area contributed by atoms with E-state index in [0.29, 0.717) is 5.92 Å². The fourth-order valence-electron chi connectivity index (χ4n) is 4.65. The molecule has 23 heavy (non-hydrogen) atoms. The van der Waals surface area contributed by atoms with Gasteiger partial charge in [0.05, 0.1) is 4.70 Å². The monoisotopic (exact) mass is 393 g/mol. The van der Waals surface area contributed by atoms with E-state index in [9.17, 15) is 0 Å². The second-order valence-corrected chi connectivity index (χ2v) is 8.92. The number of fused-ring (bicyclic) bond motifs is 3. The highest BCUT2D eigenvalue weighted by molar-refractivity contribution is 9.10. The summed E-state index contributed by atoms with van der Waals surface area (Å²) in [5.41, 5.74) is 3.04. The highest BCUT2D eigenvalue weighted by Gasteiger charge is 2.56. The molecule has 2 aromatic rings. The predicted molar refractivity (Wildman–Crippen MR) is 96.8 cm³/mol. The van der Waals surface area contributed by atoms with Crippen LogP contribution in [0.25, 0.3) is 10.1 Å². The minimum absolute atomic E-state index is 0.158. The quantitative estimate of drug-likeness (QED) is 0.761. The molecule has 6 heteroatoms. The van der Waals surface area contributed by atoms with Crippen LogP contribution in [0.2, 0.25) is 0 Å². The Morgan fingerprint density at radius 1 is 1.30 bits per heavy atom. The van der Waals surface area contributed by atoms with Gasteiger partial charge in [-0.2, -0.15) is 5.01 Å². The van der Waals surface area contributed by atoms with Crippen molar-refractivity contribution in [1.29, 1.82) is 0 Å². The number of thiophene rings is 1. The Hall–Kier alpha value is -0.660. The van der Waals surface area contributed by atoms with E-state index in [1.54, 1.807) is 11.3 Å². The molecule has 122 valence electrons. The molecule has 1 N–H and O–H groups in total. The van der Waals surface area contributed by atoms with Gasteiger partial charge in [0.25, 0.3) is 0 Å². The molecule has 1 aromatic carbocycles. The van der Waals surface area contributed by atoms with Gasteiger partial charge in [-0.15, -0.1) is 11.3 Å². The van der Waals surface area contributed by atoms with Gasteiger partial charge in [-0.3, -0.25) is 4.84 Å². The standard InChI is InChI=1S/C17H20BrN3OS/c1-20-17(10-11-5-7-13(17)8-6-11)22-19-21(20)15-9-12-3-2-4-14(18)16(12)23-15/h2-4,9,11,13,19H,5-8,10H2,1H3/t11?,13?,17-/m0/s1. The van der Waals surface area contributed by atoms with Crippen molar-refractivity contribution in [2.24, 2.45) is 11.8 Å². The third-order valence-corrected chi connectivity index (χ3v) is 8.00. The first kappa shape index (κ1) is 14.7. The number of hydrogen-bond donors (Lipinski definition) is 1. The lowest BCUT2D eigenvalue weighted by Gasteiger charge is -2.50. The summed E-state index contributed by atoms with van der Waals surface area (Å²) < 4.78 is 2.43. The van der Waals surface area contributed by atoms with E-state index in [1.165, 1.54) is 40.8 Å². The summed E-state index contributed by atoms with van der Waals surface area (Å²) in [5.74, 6) is 1.46. The van der Waals surface area contributed by atoms with Crippen LogP contribution < -0.4 is 10.7 Å². The first-order chi connectivity index (χ1) is 11.2. The van der Waals surface area contributed by atoms with Gasteiger partial charge in [0.2, 0.25) is 0 Å². The molecular formula is C17H20BrN3OS. The summed E-state index contributed by atoms with van der Waals surface area (Å²) in [6.07, 6.45) is 6.48. The van der Waals surface area contributed by atoms with Crippen LogP contribution in [0.5, 0.6) is 0 Å². The van der Waals surface area contributed by atoms with Crippen LogP contribution in [-0.4, -0.2) is 17.8 Å². The van der Waals surface area contributed by atoms with Gasteiger partial charge < -0.3 is 0 Å². The molecule has 0 unspecified atom stereocenters. The molecule has 1 spiro atoms. The third-order valence-electron chi connectivity index (χ3n) is 5.91. The van der Waals surface area contributed by atoms with E-state index < -0.39 is 0 Å². The summed E-state index contributed by atoms with van der Waals surface area (Å²) in [7, 11) is 2.17. The Labute approximate surface area is 148 Å².